The molecule has 7 nitrogen and oxygen atoms in total. The summed E-state index contributed by atoms with van der Waals surface area (Å²) >= 11 is 0. The van der Waals surface area contributed by atoms with Gasteiger partial charge in [-0.1, -0.05) is 0 Å². The summed E-state index contributed by atoms with van der Waals surface area (Å²) in [5.41, 5.74) is 0. The molecule has 2 aliphatic heterocycles. The van der Waals surface area contributed by atoms with Crippen molar-refractivity contribution in [3.63, 3.8) is 0 Å². The molecule has 0 spiro atoms. The van der Waals surface area contributed by atoms with Crippen LogP contribution < -0.4 is 0 Å². The summed E-state index contributed by atoms with van der Waals surface area (Å²) in [5, 5.41) is 19.6. The van der Waals surface area contributed by atoms with Crippen molar-refractivity contribution < 1.29 is 34.0 Å². The van der Waals surface area contributed by atoms with Gasteiger partial charge < -0.3 is 24.4 Å². The Balaban J connectivity index is 1.35. The van der Waals surface area contributed by atoms with Crippen molar-refractivity contribution in [3.05, 3.63) is 0 Å². The van der Waals surface area contributed by atoms with Crippen molar-refractivity contribution >= 4 is 11.9 Å². The maximum Gasteiger partial charge on any atom is 0.317 e. The van der Waals surface area contributed by atoms with Gasteiger partial charge in [-0.2, -0.15) is 0 Å². The van der Waals surface area contributed by atoms with Gasteiger partial charge >= 0.3 is 11.9 Å². The van der Waals surface area contributed by atoms with E-state index in [-0.39, 0.29) is 41.8 Å². The van der Waals surface area contributed by atoms with Crippen molar-refractivity contribution in [1.82, 2.24) is 0 Å². The second-order valence-electron chi connectivity index (χ2n) is 7.20. The number of ether oxygens (including phenoxy) is 3. The van der Waals surface area contributed by atoms with Gasteiger partial charge in [0, 0.05) is 11.8 Å². The van der Waals surface area contributed by atoms with Crippen LogP contribution in [-0.2, 0) is 23.8 Å². The van der Waals surface area contributed by atoms with E-state index < -0.39 is 18.5 Å². The van der Waals surface area contributed by atoms with E-state index in [1.807, 2.05) is 0 Å². The lowest BCUT2D eigenvalue weighted by molar-refractivity contribution is -0.173. The zero-order valence-electron chi connectivity index (χ0n) is 12.8. The minimum atomic E-state index is -0.931. The van der Waals surface area contributed by atoms with Crippen molar-refractivity contribution in [1.29, 1.82) is 0 Å². The summed E-state index contributed by atoms with van der Waals surface area (Å²) in [6.07, 6.45) is 2.24. The zero-order chi connectivity index (χ0) is 16.1. The van der Waals surface area contributed by atoms with Gasteiger partial charge in [0.2, 0.25) is 0 Å². The molecule has 8 unspecified atom stereocenters. The molecule has 2 saturated carbocycles. The molecule has 2 heterocycles. The predicted octanol–water partition coefficient (Wildman–Crippen LogP) is 0.323. The van der Waals surface area contributed by atoms with E-state index in [1.165, 1.54) is 0 Å². The number of cyclic esters (lactones) is 2. The van der Waals surface area contributed by atoms with Crippen molar-refractivity contribution in [2.75, 3.05) is 0 Å². The van der Waals surface area contributed by atoms with Crippen LogP contribution in [0.4, 0.5) is 0 Å². The quantitative estimate of drug-likeness (QED) is 0.556. The third-order valence-electron chi connectivity index (χ3n) is 5.91. The summed E-state index contributed by atoms with van der Waals surface area (Å²) in [7, 11) is 0. The van der Waals surface area contributed by atoms with Gasteiger partial charge in [0.25, 0.3) is 0 Å². The predicted molar refractivity (Wildman–Crippen MR) is 74.5 cm³/mol. The van der Waals surface area contributed by atoms with Crippen molar-refractivity contribution in [2.45, 2.75) is 63.3 Å². The Labute approximate surface area is 133 Å². The molecule has 8 atom stereocenters. The minimum Gasteiger partial charge on any atom is -0.393 e. The van der Waals surface area contributed by atoms with Crippen LogP contribution in [0.3, 0.4) is 0 Å². The smallest absolute Gasteiger partial charge is 0.317 e. The highest BCUT2D eigenvalue weighted by molar-refractivity contribution is 5.96. The highest BCUT2D eigenvalue weighted by Gasteiger charge is 2.50. The van der Waals surface area contributed by atoms with Gasteiger partial charge in [-0.3, -0.25) is 9.59 Å². The van der Waals surface area contributed by atoms with E-state index in [1.54, 1.807) is 0 Å². The molecular formula is C16H22O7. The summed E-state index contributed by atoms with van der Waals surface area (Å²) < 4.78 is 16.0. The standard InChI is InChI=1S/C16H22O7/c17-13-9-3-1-7(5-11(9)15(19)22-13)21-8-2-4-10-12(6-8)16(20)23-14(10)18/h7-13,15,17,19H,1-6H2. The maximum absolute atomic E-state index is 11.7. The van der Waals surface area contributed by atoms with Gasteiger partial charge in [-0.15, -0.1) is 0 Å². The molecule has 0 aromatic heterocycles. The fourth-order valence-electron chi connectivity index (χ4n) is 4.66. The number of aliphatic hydroxyl groups is 2. The summed E-state index contributed by atoms with van der Waals surface area (Å²) in [6.45, 7) is 0. The molecule has 23 heavy (non-hydrogen) atoms. The van der Waals surface area contributed by atoms with Crippen LogP contribution in [0.15, 0.2) is 0 Å². The molecule has 0 aromatic carbocycles. The van der Waals surface area contributed by atoms with Gasteiger partial charge in [0.15, 0.2) is 12.6 Å². The maximum atomic E-state index is 11.7. The number of carbonyl (C=O) groups excluding carboxylic acids is 2. The molecule has 0 bridgehead atoms. The topological polar surface area (TPSA) is 102 Å². The molecule has 2 saturated heterocycles. The number of carbonyl (C=O) groups is 2. The molecule has 2 N–H and O–H groups in total. The van der Waals surface area contributed by atoms with E-state index in [0.29, 0.717) is 19.3 Å². The molecule has 128 valence electrons. The lowest BCUT2D eigenvalue weighted by atomic mass is 9.77. The molecule has 0 amide bonds. The molecule has 0 aromatic rings. The van der Waals surface area contributed by atoms with Crippen molar-refractivity contribution in [2.24, 2.45) is 23.7 Å². The van der Waals surface area contributed by atoms with Crippen LogP contribution in [0.25, 0.3) is 0 Å². The Hall–Kier alpha value is -1.02. The lowest BCUT2D eigenvalue weighted by Crippen LogP contribution is -2.38. The van der Waals surface area contributed by atoms with Gasteiger partial charge in [0.05, 0.1) is 24.0 Å². The average molecular weight is 326 g/mol. The van der Waals surface area contributed by atoms with E-state index >= 15 is 0 Å². The molecule has 2 aliphatic carbocycles. The first-order valence-electron chi connectivity index (χ1n) is 8.45. The third kappa shape index (κ3) is 2.69. The van der Waals surface area contributed by atoms with Crippen LogP contribution in [0.2, 0.25) is 0 Å². The Morgan fingerprint density at radius 1 is 0.826 bits per heavy atom. The van der Waals surface area contributed by atoms with Crippen LogP contribution in [-0.4, -0.2) is 46.9 Å². The van der Waals surface area contributed by atoms with Gasteiger partial charge in [0.1, 0.15) is 0 Å². The van der Waals surface area contributed by atoms with E-state index in [4.69, 9.17) is 14.2 Å². The monoisotopic (exact) mass is 326 g/mol. The minimum absolute atomic E-state index is 0.00512. The Kier molecular flexibility index (Phi) is 3.91. The van der Waals surface area contributed by atoms with Crippen LogP contribution in [0.5, 0.6) is 0 Å². The largest absolute Gasteiger partial charge is 0.393 e. The molecule has 4 fully saturated rings. The Morgan fingerprint density at radius 2 is 1.48 bits per heavy atom. The third-order valence-corrected chi connectivity index (χ3v) is 5.91. The number of rotatable bonds is 2. The average Bonchev–Trinajstić information content (AvgIpc) is 2.96. The van der Waals surface area contributed by atoms with Gasteiger partial charge in [-0.05, 0) is 38.5 Å². The fourth-order valence-corrected chi connectivity index (χ4v) is 4.66. The lowest BCUT2D eigenvalue weighted by Gasteiger charge is -2.36. The number of hydrogen-bond donors (Lipinski definition) is 2. The number of hydrogen-bond acceptors (Lipinski definition) is 7. The number of aliphatic hydroxyl groups excluding tert-OH is 2. The second-order valence-corrected chi connectivity index (χ2v) is 7.20. The van der Waals surface area contributed by atoms with Gasteiger partial charge in [-0.25, -0.2) is 0 Å². The molecule has 0 radical (unpaired) electrons. The fraction of sp³-hybridized carbons (Fsp3) is 0.875. The van der Waals surface area contributed by atoms with E-state index in [2.05, 4.69) is 0 Å². The first-order valence-corrected chi connectivity index (χ1v) is 8.45. The molecule has 4 aliphatic rings. The summed E-state index contributed by atoms with van der Waals surface area (Å²) in [4.78, 5) is 23.3. The first kappa shape index (κ1) is 15.5. The molecular weight excluding hydrogens is 304 g/mol. The van der Waals surface area contributed by atoms with E-state index in [9.17, 15) is 19.8 Å². The summed E-state index contributed by atoms with van der Waals surface area (Å²) in [6, 6.07) is 0. The zero-order valence-corrected chi connectivity index (χ0v) is 12.8. The summed E-state index contributed by atoms with van der Waals surface area (Å²) in [5.74, 6) is -1.59. The Morgan fingerprint density at radius 3 is 2.30 bits per heavy atom. The number of esters is 2. The molecule has 4 rings (SSSR count). The first-order chi connectivity index (χ1) is 11.0. The van der Waals surface area contributed by atoms with Crippen LogP contribution in [0, 0.1) is 23.7 Å². The van der Waals surface area contributed by atoms with E-state index in [0.717, 1.165) is 19.3 Å². The highest BCUT2D eigenvalue weighted by atomic mass is 16.7. The SMILES string of the molecule is O=C1OC(=O)C2CC(OC3CCC4C(O)OC(O)C4C3)CCC12. The Bertz CT molecular complexity index is 507. The highest BCUT2D eigenvalue weighted by Crippen LogP contribution is 2.44. The van der Waals surface area contributed by atoms with Crippen LogP contribution >= 0.6 is 0 Å². The normalized spacial score (nSPS) is 49.7. The number of fused-ring (bicyclic) bond motifs is 2. The van der Waals surface area contributed by atoms with Crippen molar-refractivity contribution in [3.8, 4) is 0 Å². The van der Waals surface area contributed by atoms with Crippen LogP contribution in [0.1, 0.15) is 38.5 Å². The second kappa shape index (κ2) is 5.81. The molecule has 7 heteroatoms.